The molecule has 1 atom stereocenters. The summed E-state index contributed by atoms with van der Waals surface area (Å²) < 4.78 is 0. The second-order valence-electron chi connectivity index (χ2n) is 6.49. The van der Waals surface area contributed by atoms with Gasteiger partial charge in [0.1, 0.15) is 0 Å². The Hall–Kier alpha value is -1.68. The van der Waals surface area contributed by atoms with Gasteiger partial charge < -0.3 is 10.4 Å². The van der Waals surface area contributed by atoms with Crippen molar-refractivity contribution >= 4 is 11.7 Å². The summed E-state index contributed by atoms with van der Waals surface area (Å²) in [6.45, 7) is 9.64. The van der Waals surface area contributed by atoms with Gasteiger partial charge in [-0.25, -0.2) is 0 Å². The van der Waals surface area contributed by atoms with Crippen LogP contribution >= 0.6 is 0 Å². The number of benzene rings is 1. The summed E-state index contributed by atoms with van der Waals surface area (Å²) in [5.74, 6) is -0.0935. The standard InChI is InChI=1S/C17H25NO3/c1-11(2)15(20)17(4,5)10-18-16(21)14-8-6-13(7-9-14)12(3)19/h6-9,11,15,20H,10H2,1-5H3,(H,18,21). The predicted octanol–water partition coefficient (Wildman–Crippen LogP) is 2.66. The first-order chi connectivity index (χ1) is 9.65. The number of hydrogen-bond acceptors (Lipinski definition) is 3. The molecular formula is C17H25NO3. The maximum atomic E-state index is 12.1. The minimum Gasteiger partial charge on any atom is -0.392 e. The van der Waals surface area contributed by atoms with E-state index >= 15 is 0 Å². The highest BCUT2D eigenvalue weighted by Gasteiger charge is 2.30. The monoisotopic (exact) mass is 291 g/mol. The van der Waals surface area contributed by atoms with E-state index in [1.807, 2.05) is 27.7 Å². The number of carbonyl (C=O) groups excluding carboxylic acids is 2. The second kappa shape index (κ2) is 6.85. The van der Waals surface area contributed by atoms with Gasteiger partial charge in [-0.3, -0.25) is 9.59 Å². The van der Waals surface area contributed by atoms with Gasteiger partial charge in [0.2, 0.25) is 0 Å². The molecule has 4 heteroatoms. The maximum Gasteiger partial charge on any atom is 0.251 e. The molecular weight excluding hydrogens is 266 g/mol. The first-order valence-corrected chi connectivity index (χ1v) is 7.22. The van der Waals surface area contributed by atoms with E-state index in [-0.39, 0.29) is 17.6 Å². The van der Waals surface area contributed by atoms with Crippen LogP contribution in [0.25, 0.3) is 0 Å². The molecule has 0 aliphatic heterocycles. The van der Waals surface area contributed by atoms with Crippen molar-refractivity contribution in [3.63, 3.8) is 0 Å². The molecule has 4 nitrogen and oxygen atoms in total. The van der Waals surface area contributed by atoms with Crippen molar-refractivity contribution in [2.75, 3.05) is 6.54 Å². The third-order valence-corrected chi connectivity index (χ3v) is 3.69. The molecule has 0 radical (unpaired) electrons. The number of hydrogen-bond donors (Lipinski definition) is 2. The third kappa shape index (κ3) is 4.67. The smallest absolute Gasteiger partial charge is 0.251 e. The predicted molar refractivity (Wildman–Crippen MR) is 83.4 cm³/mol. The number of amides is 1. The highest BCUT2D eigenvalue weighted by Crippen LogP contribution is 2.25. The zero-order valence-electron chi connectivity index (χ0n) is 13.4. The van der Waals surface area contributed by atoms with Crippen LogP contribution in [-0.2, 0) is 0 Å². The van der Waals surface area contributed by atoms with Crippen molar-refractivity contribution in [2.24, 2.45) is 11.3 Å². The van der Waals surface area contributed by atoms with Crippen molar-refractivity contribution in [2.45, 2.75) is 40.7 Å². The Morgan fingerprint density at radius 1 is 1.14 bits per heavy atom. The Balaban J connectivity index is 2.67. The molecule has 0 heterocycles. The van der Waals surface area contributed by atoms with Crippen molar-refractivity contribution in [3.8, 4) is 0 Å². The summed E-state index contributed by atoms with van der Waals surface area (Å²) in [7, 11) is 0. The fourth-order valence-corrected chi connectivity index (χ4v) is 2.27. The highest BCUT2D eigenvalue weighted by atomic mass is 16.3. The van der Waals surface area contributed by atoms with Crippen molar-refractivity contribution in [1.29, 1.82) is 0 Å². The SMILES string of the molecule is CC(=O)c1ccc(C(=O)NCC(C)(C)C(O)C(C)C)cc1. The number of carbonyl (C=O) groups is 2. The molecule has 0 aliphatic carbocycles. The van der Waals surface area contributed by atoms with E-state index in [0.29, 0.717) is 17.7 Å². The molecule has 1 rings (SSSR count). The Kier molecular flexibility index (Phi) is 5.67. The molecule has 0 fully saturated rings. The molecule has 1 aromatic rings. The van der Waals surface area contributed by atoms with Crippen LogP contribution in [0, 0.1) is 11.3 Å². The summed E-state index contributed by atoms with van der Waals surface area (Å²) in [6, 6.07) is 6.56. The second-order valence-corrected chi connectivity index (χ2v) is 6.49. The Bertz CT molecular complexity index is 503. The average molecular weight is 291 g/mol. The van der Waals surface area contributed by atoms with E-state index in [9.17, 15) is 14.7 Å². The lowest BCUT2D eigenvalue weighted by atomic mass is 9.80. The summed E-state index contributed by atoms with van der Waals surface area (Å²) in [5, 5.41) is 13.0. The van der Waals surface area contributed by atoms with Crippen LogP contribution < -0.4 is 5.32 Å². The Labute approximate surface area is 126 Å². The van der Waals surface area contributed by atoms with Crippen molar-refractivity contribution in [1.82, 2.24) is 5.32 Å². The molecule has 0 bridgehead atoms. The number of rotatable bonds is 6. The molecule has 0 saturated carbocycles. The molecule has 0 spiro atoms. The first-order valence-electron chi connectivity index (χ1n) is 7.22. The van der Waals surface area contributed by atoms with Crippen LogP contribution in [0.2, 0.25) is 0 Å². The average Bonchev–Trinajstić information content (AvgIpc) is 2.43. The number of aliphatic hydroxyl groups excluding tert-OH is 1. The van der Waals surface area contributed by atoms with Gasteiger partial charge >= 0.3 is 0 Å². The van der Waals surface area contributed by atoms with Crippen molar-refractivity contribution in [3.05, 3.63) is 35.4 Å². The number of ketones is 1. The summed E-state index contributed by atoms with van der Waals surface area (Å²) in [4.78, 5) is 23.3. The van der Waals surface area contributed by atoms with Crippen LogP contribution in [0.5, 0.6) is 0 Å². The number of Topliss-reactive ketones (excluding diaryl/α,β-unsaturated/α-hetero) is 1. The lowest BCUT2D eigenvalue weighted by molar-refractivity contribution is 0.0138. The lowest BCUT2D eigenvalue weighted by Gasteiger charge is -2.33. The van der Waals surface area contributed by atoms with Gasteiger partial charge in [0.15, 0.2) is 5.78 Å². The van der Waals surface area contributed by atoms with Crippen LogP contribution in [0.4, 0.5) is 0 Å². The quantitative estimate of drug-likeness (QED) is 0.792. The molecule has 21 heavy (non-hydrogen) atoms. The Morgan fingerprint density at radius 2 is 1.62 bits per heavy atom. The van der Waals surface area contributed by atoms with Gasteiger partial charge in [0.25, 0.3) is 5.91 Å². The third-order valence-electron chi connectivity index (χ3n) is 3.69. The van der Waals surface area contributed by atoms with E-state index < -0.39 is 11.5 Å². The van der Waals surface area contributed by atoms with Gasteiger partial charge in [0.05, 0.1) is 6.10 Å². The molecule has 116 valence electrons. The zero-order chi connectivity index (χ0) is 16.2. The van der Waals surface area contributed by atoms with Gasteiger partial charge in [-0.1, -0.05) is 39.8 Å². The minimum atomic E-state index is -0.488. The molecule has 0 aromatic heterocycles. The summed E-state index contributed by atoms with van der Waals surface area (Å²) in [5.41, 5.74) is 0.695. The molecule has 1 aromatic carbocycles. The molecule has 0 aliphatic rings. The molecule has 0 saturated heterocycles. The van der Waals surface area contributed by atoms with Gasteiger partial charge in [-0.15, -0.1) is 0 Å². The fraction of sp³-hybridized carbons (Fsp3) is 0.529. The van der Waals surface area contributed by atoms with Crippen molar-refractivity contribution < 1.29 is 14.7 Å². The van der Waals surface area contributed by atoms with E-state index in [4.69, 9.17) is 0 Å². The van der Waals surface area contributed by atoms with Gasteiger partial charge in [-0.2, -0.15) is 0 Å². The molecule has 2 N–H and O–H groups in total. The zero-order valence-corrected chi connectivity index (χ0v) is 13.4. The van der Waals surface area contributed by atoms with Gasteiger partial charge in [-0.05, 0) is 25.0 Å². The van der Waals surface area contributed by atoms with Crippen LogP contribution in [0.3, 0.4) is 0 Å². The lowest BCUT2D eigenvalue weighted by Crippen LogP contribution is -2.43. The highest BCUT2D eigenvalue weighted by molar-refractivity contribution is 5.97. The van der Waals surface area contributed by atoms with E-state index in [0.717, 1.165) is 0 Å². The number of nitrogens with one attached hydrogen (secondary N) is 1. The van der Waals surface area contributed by atoms with Gasteiger partial charge in [0, 0.05) is 23.1 Å². The topological polar surface area (TPSA) is 66.4 Å². The first kappa shape index (κ1) is 17.4. The summed E-state index contributed by atoms with van der Waals surface area (Å²) in [6.07, 6.45) is -0.488. The van der Waals surface area contributed by atoms with Crippen LogP contribution in [0.15, 0.2) is 24.3 Å². The number of aliphatic hydroxyl groups is 1. The normalized spacial score (nSPS) is 13.1. The van der Waals surface area contributed by atoms with E-state index in [2.05, 4.69) is 5.32 Å². The van der Waals surface area contributed by atoms with E-state index in [1.54, 1.807) is 24.3 Å². The van der Waals surface area contributed by atoms with Crippen LogP contribution in [-0.4, -0.2) is 29.4 Å². The maximum absolute atomic E-state index is 12.1. The molecule has 1 amide bonds. The molecule has 1 unspecified atom stereocenters. The largest absolute Gasteiger partial charge is 0.392 e. The minimum absolute atomic E-state index is 0.0249. The van der Waals surface area contributed by atoms with E-state index in [1.165, 1.54) is 6.92 Å². The Morgan fingerprint density at radius 3 is 2.05 bits per heavy atom. The fourth-order valence-electron chi connectivity index (χ4n) is 2.27. The van der Waals surface area contributed by atoms with Crippen LogP contribution in [0.1, 0.15) is 55.3 Å². The summed E-state index contributed by atoms with van der Waals surface area (Å²) >= 11 is 0.